The fraction of sp³-hybridized carbons (Fsp3) is 0.368. The molecule has 2 aliphatic rings. The molecule has 2 aromatic rings. The SMILES string of the molecule is Cl.[2H]C1([2H])C[C@@H](c2ccc(F)cc2)[C@H](C([2H])([2H])Oc2ccc3c(c2)OCO3)CN1. The maximum absolute atomic E-state index is 13.3. The van der Waals surface area contributed by atoms with Crippen molar-refractivity contribution in [1.29, 1.82) is 0 Å². The molecule has 134 valence electrons. The van der Waals surface area contributed by atoms with Crippen LogP contribution in [-0.2, 0) is 0 Å². The Morgan fingerprint density at radius 3 is 2.84 bits per heavy atom. The molecule has 4 rings (SSSR count). The summed E-state index contributed by atoms with van der Waals surface area (Å²) >= 11 is 0. The number of rotatable bonds is 4. The zero-order valence-electron chi connectivity index (χ0n) is 17.3. The average molecular weight is 370 g/mol. The lowest BCUT2D eigenvalue weighted by Gasteiger charge is -2.32. The monoisotopic (exact) mass is 369 g/mol. The van der Waals surface area contributed by atoms with Gasteiger partial charge in [0.2, 0.25) is 6.79 Å². The summed E-state index contributed by atoms with van der Waals surface area (Å²) in [6, 6.07) is 10.6. The summed E-state index contributed by atoms with van der Waals surface area (Å²) < 4.78 is 62.7. The van der Waals surface area contributed by atoms with E-state index >= 15 is 0 Å². The van der Waals surface area contributed by atoms with Crippen LogP contribution in [0.4, 0.5) is 4.39 Å². The van der Waals surface area contributed by atoms with E-state index in [1.807, 2.05) is 0 Å². The number of nitrogens with one attached hydrogen (secondary N) is 1. The highest BCUT2D eigenvalue weighted by molar-refractivity contribution is 5.85. The van der Waals surface area contributed by atoms with Crippen LogP contribution >= 0.6 is 12.4 Å². The second-order valence-corrected chi connectivity index (χ2v) is 5.76. The molecule has 0 unspecified atom stereocenters. The molecule has 6 heteroatoms. The first kappa shape index (κ1) is 13.3. The van der Waals surface area contributed by atoms with Gasteiger partial charge in [0.25, 0.3) is 0 Å². The van der Waals surface area contributed by atoms with Crippen molar-refractivity contribution in [3.63, 3.8) is 0 Å². The van der Waals surface area contributed by atoms with Crippen molar-refractivity contribution in [1.82, 2.24) is 5.32 Å². The first-order valence-corrected chi connectivity index (χ1v) is 7.83. The molecule has 4 nitrogen and oxygen atoms in total. The molecular weight excluding hydrogens is 345 g/mol. The van der Waals surface area contributed by atoms with E-state index in [9.17, 15) is 4.39 Å². The second kappa shape index (κ2) is 7.93. The van der Waals surface area contributed by atoms with Gasteiger partial charge in [0.05, 0.1) is 9.30 Å². The molecule has 2 heterocycles. The van der Waals surface area contributed by atoms with Crippen molar-refractivity contribution < 1.29 is 24.1 Å². The molecule has 1 saturated heterocycles. The van der Waals surface area contributed by atoms with Crippen molar-refractivity contribution in [2.75, 3.05) is 26.4 Å². The fourth-order valence-corrected chi connectivity index (χ4v) is 2.92. The van der Waals surface area contributed by atoms with Crippen LogP contribution in [0.3, 0.4) is 0 Å². The first-order valence-electron chi connectivity index (χ1n) is 9.83. The molecular formula is C19H21ClFNO3. The fourth-order valence-electron chi connectivity index (χ4n) is 2.92. The van der Waals surface area contributed by atoms with Gasteiger partial charge in [-0.3, -0.25) is 0 Å². The highest BCUT2D eigenvalue weighted by Crippen LogP contribution is 2.36. The summed E-state index contributed by atoms with van der Waals surface area (Å²) in [5, 5.41) is 2.75. The molecule has 2 atom stereocenters. The first-order chi connectivity index (χ1) is 13.2. The van der Waals surface area contributed by atoms with Crippen molar-refractivity contribution in [2.24, 2.45) is 5.92 Å². The Hall–Kier alpha value is -1.98. The largest absolute Gasteiger partial charge is 0.493 e. The van der Waals surface area contributed by atoms with E-state index in [4.69, 9.17) is 19.7 Å². The van der Waals surface area contributed by atoms with Crippen LogP contribution in [-0.4, -0.2) is 26.4 Å². The minimum absolute atomic E-state index is 0. The Kier molecular flexibility index (Phi) is 4.21. The molecule has 2 aliphatic heterocycles. The van der Waals surface area contributed by atoms with E-state index in [2.05, 4.69) is 5.32 Å². The maximum atomic E-state index is 13.3. The lowest BCUT2D eigenvalue weighted by atomic mass is 9.81. The van der Waals surface area contributed by atoms with Crippen LogP contribution in [0.15, 0.2) is 42.5 Å². The van der Waals surface area contributed by atoms with Crippen molar-refractivity contribution in [3.8, 4) is 17.2 Å². The lowest BCUT2D eigenvalue weighted by Crippen LogP contribution is -2.38. The quantitative estimate of drug-likeness (QED) is 0.891. The summed E-state index contributed by atoms with van der Waals surface area (Å²) in [4.78, 5) is 0. The number of hydrogen-bond donors (Lipinski definition) is 1. The Balaban J connectivity index is 0.00000240. The smallest absolute Gasteiger partial charge is 0.231 e. The predicted octanol–water partition coefficient (Wildman–Crippen LogP) is 3.75. The summed E-state index contributed by atoms with van der Waals surface area (Å²) in [5.41, 5.74) is 0.676. The van der Waals surface area contributed by atoms with Crippen LogP contribution in [0.1, 0.15) is 23.4 Å². The molecule has 0 aliphatic carbocycles. The summed E-state index contributed by atoms with van der Waals surface area (Å²) in [6.07, 6.45) is 0.0489. The summed E-state index contributed by atoms with van der Waals surface area (Å²) in [7, 11) is 0. The van der Waals surface area contributed by atoms with Gasteiger partial charge in [-0.15, -0.1) is 12.4 Å². The third-order valence-corrected chi connectivity index (χ3v) is 4.22. The third-order valence-electron chi connectivity index (χ3n) is 4.22. The minimum Gasteiger partial charge on any atom is -0.493 e. The summed E-state index contributed by atoms with van der Waals surface area (Å²) in [5.74, 6) is -0.211. The average Bonchev–Trinajstić information content (AvgIpc) is 3.08. The highest BCUT2D eigenvalue weighted by Gasteiger charge is 2.27. The standard InChI is InChI=1S/C19H20FNO3.ClH/c20-15-3-1-13(2-4-15)17-7-8-21-10-14(17)11-22-16-5-6-18-19(9-16)24-12-23-18;/h1-6,9,14,17,21H,7-8,10-12H2;1H/t14-,17-;/m0./s1/i8D2,11D2;. The van der Waals surface area contributed by atoms with E-state index in [0.29, 0.717) is 22.8 Å². The second-order valence-electron chi connectivity index (χ2n) is 5.76. The van der Waals surface area contributed by atoms with Crippen molar-refractivity contribution >= 4 is 12.4 Å². The topological polar surface area (TPSA) is 39.7 Å². The van der Waals surface area contributed by atoms with Gasteiger partial charge in [-0.2, -0.15) is 0 Å². The number of benzene rings is 2. The number of piperidine rings is 1. The van der Waals surface area contributed by atoms with Gasteiger partial charge < -0.3 is 19.5 Å². The van der Waals surface area contributed by atoms with Gasteiger partial charge in [-0.1, -0.05) is 12.1 Å². The molecule has 0 amide bonds. The van der Waals surface area contributed by atoms with E-state index < -0.39 is 30.7 Å². The van der Waals surface area contributed by atoms with E-state index in [0.717, 1.165) is 0 Å². The Morgan fingerprint density at radius 2 is 2.00 bits per heavy atom. The molecule has 0 spiro atoms. The summed E-state index contributed by atoms with van der Waals surface area (Å²) in [6.45, 7) is -3.56. The van der Waals surface area contributed by atoms with Gasteiger partial charge in [-0.05, 0) is 48.7 Å². The van der Waals surface area contributed by atoms with Gasteiger partial charge in [0.15, 0.2) is 11.5 Å². The minimum atomic E-state index is -2.10. The van der Waals surface area contributed by atoms with E-state index in [1.165, 1.54) is 12.1 Å². The van der Waals surface area contributed by atoms with Crippen molar-refractivity contribution in [2.45, 2.75) is 12.3 Å². The molecule has 2 aromatic carbocycles. The highest BCUT2D eigenvalue weighted by atomic mass is 35.5. The Morgan fingerprint density at radius 1 is 1.20 bits per heavy atom. The van der Waals surface area contributed by atoms with Crippen LogP contribution in [0.5, 0.6) is 17.2 Å². The van der Waals surface area contributed by atoms with E-state index in [1.54, 1.807) is 30.3 Å². The number of fused-ring (bicyclic) bond motifs is 1. The zero-order chi connectivity index (χ0) is 19.9. The Bertz CT molecular complexity index is 869. The lowest BCUT2D eigenvalue weighted by molar-refractivity contribution is 0.173. The number of halogens is 2. The molecule has 0 aromatic heterocycles. The van der Waals surface area contributed by atoms with Crippen molar-refractivity contribution in [3.05, 3.63) is 53.8 Å². The van der Waals surface area contributed by atoms with Gasteiger partial charge >= 0.3 is 0 Å². The molecule has 0 saturated carbocycles. The number of hydrogen-bond acceptors (Lipinski definition) is 4. The number of ether oxygens (including phenoxy) is 3. The Labute approximate surface area is 158 Å². The molecule has 0 radical (unpaired) electrons. The zero-order valence-corrected chi connectivity index (χ0v) is 14.1. The van der Waals surface area contributed by atoms with E-state index in [-0.39, 0.29) is 32.2 Å². The van der Waals surface area contributed by atoms with Gasteiger partial charge in [0, 0.05) is 21.3 Å². The maximum Gasteiger partial charge on any atom is 0.231 e. The van der Waals surface area contributed by atoms with Crippen LogP contribution in [0.25, 0.3) is 0 Å². The van der Waals surface area contributed by atoms with Gasteiger partial charge in [-0.25, -0.2) is 4.39 Å². The predicted molar refractivity (Wildman–Crippen MR) is 95.4 cm³/mol. The molecule has 1 N–H and O–H groups in total. The molecule has 1 fully saturated rings. The van der Waals surface area contributed by atoms with Crippen LogP contribution in [0.2, 0.25) is 0 Å². The normalized spacial score (nSPS) is 26.4. The third kappa shape index (κ3) is 3.99. The van der Waals surface area contributed by atoms with Crippen LogP contribution in [0, 0.1) is 11.7 Å². The molecule has 0 bridgehead atoms. The molecule has 25 heavy (non-hydrogen) atoms. The van der Waals surface area contributed by atoms with Gasteiger partial charge in [0.1, 0.15) is 11.6 Å². The van der Waals surface area contributed by atoms with Crippen LogP contribution < -0.4 is 19.5 Å².